The second kappa shape index (κ2) is 3.36. The number of rotatable bonds is 2. The van der Waals surface area contributed by atoms with Gasteiger partial charge in [0.15, 0.2) is 0 Å². The third-order valence-corrected chi connectivity index (χ3v) is 2.07. The van der Waals surface area contributed by atoms with Gasteiger partial charge in [-0.2, -0.15) is 0 Å². The highest BCUT2D eigenvalue weighted by molar-refractivity contribution is 7.12. The van der Waals surface area contributed by atoms with Crippen molar-refractivity contribution in [1.82, 2.24) is 0 Å². The van der Waals surface area contributed by atoms with Crippen LogP contribution in [-0.2, 0) is 4.79 Å². The van der Waals surface area contributed by atoms with Gasteiger partial charge in [0, 0.05) is 6.92 Å². The molecule has 2 N–H and O–H groups in total. The van der Waals surface area contributed by atoms with Crippen LogP contribution in [0, 0.1) is 0 Å². The van der Waals surface area contributed by atoms with Crippen LogP contribution in [-0.4, -0.2) is 17.0 Å². The average molecular weight is 185 g/mol. The van der Waals surface area contributed by atoms with Crippen molar-refractivity contribution >= 4 is 28.9 Å². The lowest BCUT2D eigenvalue weighted by Gasteiger charge is -1.98. The highest BCUT2D eigenvalue weighted by Gasteiger charge is 2.11. The van der Waals surface area contributed by atoms with Crippen molar-refractivity contribution in [1.29, 1.82) is 0 Å². The highest BCUT2D eigenvalue weighted by atomic mass is 32.1. The van der Waals surface area contributed by atoms with Crippen molar-refractivity contribution in [2.24, 2.45) is 0 Å². The van der Waals surface area contributed by atoms with Gasteiger partial charge in [-0.3, -0.25) is 4.79 Å². The monoisotopic (exact) mass is 185 g/mol. The van der Waals surface area contributed by atoms with Crippen molar-refractivity contribution in [2.45, 2.75) is 6.92 Å². The van der Waals surface area contributed by atoms with Gasteiger partial charge in [0.25, 0.3) is 0 Å². The topological polar surface area (TPSA) is 66.4 Å². The van der Waals surface area contributed by atoms with E-state index < -0.39 is 5.97 Å². The van der Waals surface area contributed by atoms with Crippen LogP contribution in [0.5, 0.6) is 0 Å². The molecule has 0 fully saturated rings. The van der Waals surface area contributed by atoms with E-state index in [9.17, 15) is 9.59 Å². The second-order valence-electron chi connectivity index (χ2n) is 2.15. The van der Waals surface area contributed by atoms with E-state index in [0.717, 1.165) is 11.3 Å². The number of nitrogens with one attached hydrogen (secondary N) is 1. The third-order valence-electron chi connectivity index (χ3n) is 1.17. The minimum Gasteiger partial charge on any atom is -0.477 e. The van der Waals surface area contributed by atoms with Crippen molar-refractivity contribution in [3.63, 3.8) is 0 Å². The van der Waals surface area contributed by atoms with Crippen molar-refractivity contribution in [3.05, 3.63) is 16.3 Å². The lowest BCUT2D eigenvalue weighted by atomic mass is 10.4. The Balaban J connectivity index is 2.91. The first-order valence-corrected chi connectivity index (χ1v) is 4.07. The molecule has 1 heterocycles. The number of aromatic carboxylic acids is 1. The van der Waals surface area contributed by atoms with Gasteiger partial charge in [-0.15, -0.1) is 11.3 Å². The second-order valence-corrected chi connectivity index (χ2v) is 3.07. The zero-order valence-corrected chi connectivity index (χ0v) is 7.14. The molecule has 0 spiro atoms. The summed E-state index contributed by atoms with van der Waals surface area (Å²) in [7, 11) is 0. The summed E-state index contributed by atoms with van der Waals surface area (Å²) in [5.74, 6) is -1.29. The van der Waals surface area contributed by atoms with Gasteiger partial charge in [0.1, 0.15) is 4.88 Å². The summed E-state index contributed by atoms with van der Waals surface area (Å²) in [6.07, 6.45) is 0. The minimum absolute atomic E-state index is 0.158. The number of amides is 1. The van der Waals surface area contributed by atoms with Crippen LogP contribution in [0.15, 0.2) is 11.4 Å². The Labute approximate surface area is 72.8 Å². The molecule has 0 saturated heterocycles. The van der Waals surface area contributed by atoms with Gasteiger partial charge < -0.3 is 10.4 Å². The van der Waals surface area contributed by atoms with Crippen LogP contribution < -0.4 is 5.32 Å². The van der Waals surface area contributed by atoms with E-state index in [1.54, 1.807) is 11.4 Å². The molecule has 12 heavy (non-hydrogen) atoms. The molecule has 1 aromatic rings. The van der Waals surface area contributed by atoms with E-state index in [0.29, 0.717) is 5.69 Å². The maximum atomic E-state index is 10.6. The van der Waals surface area contributed by atoms with Gasteiger partial charge in [-0.25, -0.2) is 4.79 Å². The Bertz CT molecular complexity index is 318. The molecule has 0 bridgehead atoms. The third kappa shape index (κ3) is 1.82. The molecule has 0 aliphatic heterocycles. The zero-order chi connectivity index (χ0) is 9.14. The Hall–Kier alpha value is -1.36. The number of hydrogen-bond acceptors (Lipinski definition) is 3. The summed E-state index contributed by atoms with van der Waals surface area (Å²) in [4.78, 5) is 21.3. The molecule has 1 rings (SSSR count). The quantitative estimate of drug-likeness (QED) is 0.731. The Kier molecular flexibility index (Phi) is 2.44. The van der Waals surface area contributed by atoms with Crippen LogP contribution in [0.25, 0.3) is 0 Å². The highest BCUT2D eigenvalue weighted by Crippen LogP contribution is 2.21. The summed E-state index contributed by atoms with van der Waals surface area (Å²) >= 11 is 1.09. The standard InChI is InChI=1S/C7H7NO3S/c1-4(9)8-5-2-3-12-6(5)7(10)11/h2-3H,1H3,(H,8,9)(H,10,11). The van der Waals surface area contributed by atoms with E-state index in [1.165, 1.54) is 6.92 Å². The fourth-order valence-electron chi connectivity index (χ4n) is 0.763. The van der Waals surface area contributed by atoms with Gasteiger partial charge in [-0.05, 0) is 11.4 Å². The van der Waals surface area contributed by atoms with Gasteiger partial charge >= 0.3 is 5.97 Å². The van der Waals surface area contributed by atoms with Crippen LogP contribution in [0.2, 0.25) is 0 Å². The largest absolute Gasteiger partial charge is 0.477 e. The first kappa shape index (κ1) is 8.73. The minimum atomic E-state index is -1.02. The summed E-state index contributed by atoms with van der Waals surface area (Å²) in [5.41, 5.74) is 0.361. The molecule has 0 atom stereocenters. The molecule has 1 amide bonds. The van der Waals surface area contributed by atoms with Crippen LogP contribution in [0.1, 0.15) is 16.6 Å². The maximum Gasteiger partial charge on any atom is 0.348 e. The number of carbonyl (C=O) groups excluding carboxylic acids is 1. The molecule has 5 heteroatoms. The van der Waals surface area contributed by atoms with Crippen LogP contribution in [0.3, 0.4) is 0 Å². The van der Waals surface area contributed by atoms with Crippen LogP contribution in [0.4, 0.5) is 5.69 Å². The van der Waals surface area contributed by atoms with E-state index in [-0.39, 0.29) is 10.8 Å². The Morgan fingerprint density at radius 1 is 1.58 bits per heavy atom. The molecule has 4 nitrogen and oxygen atoms in total. The van der Waals surface area contributed by atoms with E-state index >= 15 is 0 Å². The number of anilines is 1. The van der Waals surface area contributed by atoms with Gasteiger partial charge in [0.2, 0.25) is 5.91 Å². The van der Waals surface area contributed by atoms with Crippen molar-refractivity contribution in [3.8, 4) is 0 Å². The summed E-state index contributed by atoms with van der Waals surface area (Å²) in [6.45, 7) is 1.34. The SMILES string of the molecule is CC(=O)Nc1ccsc1C(=O)O. The molecule has 0 saturated carbocycles. The first-order chi connectivity index (χ1) is 5.61. The maximum absolute atomic E-state index is 10.6. The number of carboxylic acid groups (broad SMARTS) is 1. The molecule has 0 aliphatic carbocycles. The fourth-order valence-corrected chi connectivity index (χ4v) is 1.45. The molecule has 64 valence electrons. The first-order valence-electron chi connectivity index (χ1n) is 3.19. The molecular weight excluding hydrogens is 178 g/mol. The molecule has 1 aromatic heterocycles. The van der Waals surface area contributed by atoms with E-state index in [2.05, 4.69) is 5.32 Å². The van der Waals surface area contributed by atoms with E-state index in [4.69, 9.17) is 5.11 Å². The molecule has 0 radical (unpaired) electrons. The van der Waals surface area contributed by atoms with Gasteiger partial charge in [0.05, 0.1) is 5.69 Å². The normalized spacial score (nSPS) is 9.42. The van der Waals surface area contributed by atoms with Gasteiger partial charge in [-0.1, -0.05) is 0 Å². The number of hydrogen-bond donors (Lipinski definition) is 2. The average Bonchev–Trinajstić information content (AvgIpc) is 2.33. The summed E-state index contributed by atoms with van der Waals surface area (Å²) < 4.78 is 0. The number of thiophene rings is 1. The molecule has 0 unspecified atom stereocenters. The number of carboxylic acids is 1. The van der Waals surface area contributed by atoms with Crippen molar-refractivity contribution < 1.29 is 14.7 Å². The predicted molar refractivity (Wildman–Crippen MR) is 45.6 cm³/mol. The van der Waals surface area contributed by atoms with E-state index in [1.807, 2.05) is 0 Å². The smallest absolute Gasteiger partial charge is 0.348 e. The van der Waals surface area contributed by atoms with Crippen molar-refractivity contribution in [2.75, 3.05) is 5.32 Å². The lowest BCUT2D eigenvalue weighted by Crippen LogP contribution is -2.08. The molecule has 0 aliphatic rings. The zero-order valence-electron chi connectivity index (χ0n) is 6.33. The Morgan fingerprint density at radius 2 is 2.25 bits per heavy atom. The summed E-state index contributed by atoms with van der Waals surface area (Å²) in [6, 6.07) is 1.56. The molecule has 0 aromatic carbocycles. The summed E-state index contributed by atoms with van der Waals surface area (Å²) in [5, 5.41) is 12.7. The lowest BCUT2D eigenvalue weighted by molar-refractivity contribution is -0.114. The van der Waals surface area contributed by atoms with Crippen LogP contribution >= 0.6 is 11.3 Å². The fraction of sp³-hybridized carbons (Fsp3) is 0.143. The molecular formula is C7H7NO3S. The predicted octanol–water partition coefficient (Wildman–Crippen LogP) is 1.40. The number of carbonyl (C=O) groups is 2. The Morgan fingerprint density at radius 3 is 2.75 bits per heavy atom.